The zero-order valence-electron chi connectivity index (χ0n) is 19.8. The van der Waals surface area contributed by atoms with Crippen molar-refractivity contribution in [3.8, 4) is 0 Å². The van der Waals surface area contributed by atoms with Crippen molar-refractivity contribution >= 4 is 11.9 Å². The molecule has 0 aromatic heterocycles. The van der Waals surface area contributed by atoms with Crippen LogP contribution in [0.25, 0.3) is 0 Å². The van der Waals surface area contributed by atoms with Crippen molar-refractivity contribution in [3.05, 3.63) is 35.9 Å². The summed E-state index contributed by atoms with van der Waals surface area (Å²) in [5, 5.41) is 9.52. The first-order chi connectivity index (χ1) is 13.8. The Bertz CT molecular complexity index is 718. The molecular formula is C25H40N2O3. The van der Waals surface area contributed by atoms with E-state index < -0.39 is 12.0 Å². The molecule has 1 heterocycles. The van der Waals surface area contributed by atoms with E-state index in [-0.39, 0.29) is 35.4 Å². The maximum atomic E-state index is 13.5. The van der Waals surface area contributed by atoms with E-state index >= 15 is 0 Å². The highest BCUT2D eigenvalue weighted by Gasteiger charge is 2.49. The number of benzene rings is 1. The fourth-order valence-corrected chi connectivity index (χ4v) is 4.30. The average molecular weight is 417 g/mol. The minimum atomic E-state index is -0.916. The summed E-state index contributed by atoms with van der Waals surface area (Å²) in [6.07, 6.45) is 2.27. The monoisotopic (exact) mass is 416 g/mol. The summed E-state index contributed by atoms with van der Waals surface area (Å²) in [5.41, 5.74) is 1.33. The van der Waals surface area contributed by atoms with Crippen LogP contribution in [0, 0.1) is 10.8 Å². The Morgan fingerprint density at radius 3 is 2.17 bits per heavy atom. The van der Waals surface area contributed by atoms with Gasteiger partial charge in [0.05, 0.1) is 12.6 Å². The largest absolute Gasteiger partial charge is 0.481 e. The third-order valence-corrected chi connectivity index (χ3v) is 5.78. The predicted molar refractivity (Wildman–Crippen MR) is 121 cm³/mol. The lowest BCUT2D eigenvalue weighted by molar-refractivity contribution is -0.141. The quantitative estimate of drug-likeness (QED) is 0.661. The van der Waals surface area contributed by atoms with E-state index in [2.05, 4.69) is 65.5 Å². The van der Waals surface area contributed by atoms with Crippen LogP contribution in [-0.4, -0.2) is 51.6 Å². The molecule has 1 aromatic rings. The van der Waals surface area contributed by atoms with Gasteiger partial charge in [-0.15, -0.1) is 0 Å². The summed E-state index contributed by atoms with van der Waals surface area (Å²) >= 11 is 0. The zero-order valence-corrected chi connectivity index (χ0v) is 19.8. The number of amides is 1. The molecule has 0 aliphatic carbocycles. The zero-order chi connectivity index (χ0) is 22.7. The SMILES string of the molecule is CC(Cc1ccccc1)N1C(=O)C(CC(=O)O)N(CCC(C)(C)C)C1CC(C)(C)C. The molecule has 0 saturated carbocycles. The molecule has 1 aliphatic heterocycles. The van der Waals surface area contributed by atoms with Gasteiger partial charge in [-0.25, -0.2) is 0 Å². The first-order valence-corrected chi connectivity index (χ1v) is 11.1. The Labute approximate surface area is 182 Å². The van der Waals surface area contributed by atoms with E-state index in [4.69, 9.17) is 0 Å². The summed E-state index contributed by atoms with van der Waals surface area (Å²) in [7, 11) is 0. The molecule has 5 heteroatoms. The van der Waals surface area contributed by atoms with Crippen LogP contribution in [0.3, 0.4) is 0 Å². The molecule has 3 atom stereocenters. The fourth-order valence-electron chi connectivity index (χ4n) is 4.30. The second kappa shape index (κ2) is 9.51. The van der Waals surface area contributed by atoms with Gasteiger partial charge in [0.15, 0.2) is 0 Å². The van der Waals surface area contributed by atoms with Crippen molar-refractivity contribution in [2.45, 2.75) is 92.4 Å². The van der Waals surface area contributed by atoms with Crippen LogP contribution in [0.4, 0.5) is 0 Å². The van der Waals surface area contributed by atoms with Crippen LogP contribution >= 0.6 is 0 Å². The summed E-state index contributed by atoms with van der Waals surface area (Å²) in [6, 6.07) is 9.62. The van der Waals surface area contributed by atoms with Crippen LogP contribution in [0.2, 0.25) is 0 Å². The molecule has 30 heavy (non-hydrogen) atoms. The number of hydrogen-bond acceptors (Lipinski definition) is 3. The fraction of sp³-hybridized carbons (Fsp3) is 0.680. The maximum Gasteiger partial charge on any atom is 0.305 e. The molecule has 2 rings (SSSR count). The van der Waals surface area contributed by atoms with Gasteiger partial charge in [-0.2, -0.15) is 0 Å². The van der Waals surface area contributed by atoms with Gasteiger partial charge in [-0.05, 0) is 42.6 Å². The van der Waals surface area contributed by atoms with Crippen molar-refractivity contribution in [3.63, 3.8) is 0 Å². The molecule has 1 N–H and O–H groups in total. The van der Waals surface area contributed by atoms with Crippen LogP contribution in [0.5, 0.6) is 0 Å². The van der Waals surface area contributed by atoms with Crippen LogP contribution in [0.15, 0.2) is 30.3 Å². The number of carboxylic acids is 1. The number of rotatable bonds is 8. The molecular weight excluding hydrogens is 376 g/mol. The second-order valence-electron chi connectivity index (χ2n) is 11.2. The molecule has 0 spiro atoms. The predicted octanol–water partition coefficient (Wildman–Crippen LogP) is 4.80. The highest BCUT2D eigenvalue weighted by Crippen LogP contribution is 2.36. The highest BCUT2D eigenvalue weighted by atomic mass is 16.4. The summed E-state index contributed by atoms with van der Waals surface area (Å²) in [4.78, 5) is 29.3. The lowest BCUT2D eigenvalue weighted by Crippen LogP contribution is -2.47. The molecule has 0 bridgehead atoms. The van der Waals surface area contributed by atoms with E-state index in [9.17, 15) is 14.7 Å². The lowest BCUT2D eigenvalue weighted by atomic mass is 9.88. The van der Waals surface area contributed by atoms with Crippen molar-refractivity contribution < 1.29 is 14.7 Å². The number of carboxylic acid groups (broad SMARTS) is 1. The number of carbonyl (C=O) groups is 2. The number of aliphatic carboxylic acids is 1. The molecule has 168 valence electrons. The van der Waals surface area contributed by atoms with Crippen molar-refractivity contribution in [1.82, 2.24) is 9.80 Å². The molecule has 5 nitrogen and oxygen atoms in total. The third-order valence-electron chi connectivity index (χ3n) is 5.78. The van der Waals surface area contributed by atoms with Crippen LogP contribution < -0.4 is 0 Å². The summed E-state index contributed by atoms with van der Waals surface area (Å²) < 4.78 is 0. The van der Waals surface area contributed by atoms with E-state index in [1.165, 1.54) is 5.56 Å². The normalized spacial score (nSPS) is 21.8. The smallest absolute Gasteiger partial charge is 0.305 e. The van der Waals surface area contributed by atoms with Crippen molar-refractivity contribution in [2.24, 2.45) is 10.8 Å². The third kappa shape index (κ3) is 6.83. The molecule has 1 aliphatic rings. The topological polar surface area (TPSA) is 60.9 Å². The lowest BCUT2D eigenvalue weighted by Gasteiger charge is -2.39. The molecule has 1 saturated heterocycles. The maximum absolute atomic E-state index is 13.5. The van der Waals surface area contributed by atoms with Gasteiger partial charge in [0.25, 0.3) is 0 Å². The van der Waals surface area contributed by atoms with E-state index in [0.29, 0.717) is 0 Å². The Balaban J connectivity index is 2.37. The van der Waals surface area contributed by atoms with Gasteiger partial charge >= 0.3 is 5.97 Å². The van der Waals surface area contributed by atoms with E-state index in [0.717, 1.165) is 25.8 Å². The highest BCUT2D eigenvalue weighted by molar-refractivity contribution is 5.88. The molecule has 1 aromatic carbocycles. The molecule has 1 fully saturated rings. The van der Waals surface area contributed by atoms with Gasteiger partial charge < -0.3 is 10.0 Å². The van der Waals surface area contributed by atoms with Gasteiger partial charge in [-0.3, -0.25) is 14.5 Å². The minimum Gasteiger partial charge on any atom is -0.481 e. The van der Waals surface area contributed by atoms with Crippen LogP contribution in [0.1, 0.15) is 73.3 Å². The Kier molecular flexibility index (Phi) is 7.73. The van der Waals surface area contributed by atoms with E-state index in [1.807, 2.05) is 23.1 Å². The average Bonchev–Trinajstić information content (AvgIpc) is 2.82. The second-order valence-corrected chi connectivity index (χ2v) is 11.2. The summed E-state index contributed by atoms with van der Waals surface area (Å²) in [6.45, 7) is 15.9. The van der Waals surface area contributed by atoms with Crippen molar-refractivity contribution in [2.75, 3.05) is 6.54 Å². The Morgan fingerprint density at radius 1 is 1.07 bits per heavy atom. The summed E-state index contributed by atoms with van der Waals surface area (Å²) in [5.74, 6) is -0.954. The molecule has 3 unspecified atom stereocenters. The molecule has 0 radical (unpaired) electrons. The van der Waals surface area contributed by atoms with Crippen LogP contribution in [-0.2, 0) is 16.0 Å². The van der Waals surface area contributed by atoms with E-state index in [1.54, 1.807) is 0 Å². The Morgan fingerprint density at radius 2 is 1.67 bits per heavy atom. The Hall–Kier alpha value is -1.88. The first-order valence-electron chi connectivity index (χ1n) is 11.1. The number of hydrogen-bond donors (Lipinski definition) is 1. The van der Waals surface area contributed by atoms with Crippen molar-refractivity contribution in [1.29, 1.82) is 0 Å². The van der Waals surface area contributed by atoms with Gasteiger partial charge in [-0.1, -0.05) is 71.9 Å². The number of carbonyl (C=O) groups excluding carboxylic acids is 1. The standard InChI is InChI=1S/C25H40N2O3/c1-18(15-19-11-9-8-10-12-19)27-21(17-25(5,6)7)26(14-13-24(2,3)4)20(23(27)30)16-22(28)29/h8-12,18,20-21H,13-17H2,1-7H3,(H,28,29). The minimum absolute atomic E-state index is 0.00295. The van der Waals surface area contributed by atoms with Gasteiger partial charge in [0.2, 0.25) is 5.91 Å². The van der Waals surface area contributed by atoms with Gasteiger partial charge in [0.1, 0.15) is 6.04 Å². The molecule has 1 amide bonds. The number of nitrogens with zero attached hydrogens (tertiary/aromatic N) is 2. The first kappa shape index (κ1) is 24.4. The van der Waals surface area contributed by atoms with Gasteiger partial charge in [0, 0.05) is 12.6 Å².